The van der Waals surface area contributed by atoms with Crippen LogP contribution < -0.4 is 10.3 Å². The van der Waals surface area contributed by atoms with E-state index in [0.717, 1.165) is 12.8 Å². The van der Waals surface area contributed by atoms with Crippen LogP contribution in [-0.2, 0) is 9.59 Å². The molecule has 0 radical (unpaired) electrons. The molecule has 100 valence electrons. The van der Waals surface area contributed by atoms with Gasteiger partial charge in [-0.15, -0.1) is 0 Å². The first-order chi connectivity index (χ1) is 9.24. The standard InChI is InChI=1S/C15H17NO3/c17-14-10-6-7-11(14)9-12(8-10)15(18)16-19-13-4-2-1-3-5-13/h1-5,10-12H,6-9H2,(H,16,18)/t10-,11+,12?. The fourth-order valence-corrected chi connectivity index (χ4v) is 3.17. The molecular formula is C15H17NO3. The number of rotatable bonds is 3. The van der Waals surface area contributed by atoms with Crippen LogP contribution in [0.2, 0.25) is 0 Å². The van der Waals surface area contributed by atoms with Gasteiger partial charge in [0.1, 0.15) is 5.78 Å². The molecule has 4 nitrogen and oxygen atoms in total. The molecule has 2 bridgehead atoms. The number of Topliss-reactive ketones (excluding diaryl/α,β-unsaturated/α-hetero) is 1. The first-order valence-electron chi connectivity index (χ1n) is 6.79. The van der Waals surface area contributed by atoms with E-state index in [-0.39, 0.29) is 23.7 Å². The highest BCUT2D eigenvalue weighted by Gasteiger charge is 2.43. The molecule has 2 aliphatic carbocycles. The molecule has 0 aromatic heterocycles. The lowest BCUT2D eigenvalue weighted by Gasteiger charge is -2.25. The topological polar surface area (TPSA) is 55.4 Å². The summed E-state index contributed by atoms with van der Waals surface area (Å²) in [6.07, 6.45) is 3.26. The molecule has 19 heavy (non-hydrogen) atoms. The zero-order valence-electron chi connectivity index (χ0n) is 10.7. The van der Waals surface area contributed by atoms with Gasteiger partial charge in [-0.1, -0.05) is 18.2 Å². The van der Waals surface area contributed by atoms with Crippen molar-refractivity contribution in [2.45, 2.75) is 25.7 Å². The van der Waals surface area contributed by atoms with E-state index < -0.39 is 0 Å². The third kappa shape index (κ3) is 2.48. The van der Waals surface area contributed by atoms with Gasteiger partial charge in [0, 0.05) is 17.8 Å². The maximum absolute atomic E-state index is 12.0. The van der Waals surface area contributed by atoms with Crippen molar-refractivity contribution in [3.8, 4) is 5.75 Å². The number of hydroxylamine groups is 1. The van der Waals surface area contributed by atoms with Gasteiger partial charge in [-0.3, -0.25) is 9.59 Å². The minimum Gasteiger partial charge on any atom is -0.380 e. The molecule has 1 aromatic carbocycles. The molecule has 2 fully saturated rings. The van der Waals surface area contributed by atoms with Crippen molar-refractivity contribution in [2.75, 3.05) is 0 Å². The highest BCUT2D eigenvalue weighted by atomic mass is 16.7. The minimum atomic E-state index is -0.103. The minimum absolute atomic E-state index is 0.0843. The van der Waals surface area contributed by atoms with Crippen LogP contribution in [0.15, 0.2) is 30.3 Å². The molecule has 3 rings (SSSR count). The number of fused-ring (bicyclic) bond motifs is 2. The first kappa shape index (κ1) is 12.2. The monoisotopic (exact) mass is 259 g/mol. The van der Waals surface area contributed by atoms with E-state index in [4.69, 9.17) is 4.84 Å². The highest BCUT2D eigenvalue weighted by Crippen LogP contribution is 2.41. The summed E-state index contributed by atoms with van der Waals surface area (Å²) in [6.45, 7) is 0. The zero-order chi connectivity index (χ0) is 13.2. The second kappa shape index (κ2) is 5.03. The van der Waals surface area contributed by atoms with Crippen molar-refractivity contribution in [3.63, 3.8) is 0 Å². The number of carbonyl (C=O) groups is 2. The molecule has 2 aliphatic rings. The second-order valence-corrected chi connectivity index (χ2v) is 5.42. The molecule has 0 heterocycles. The van der Waals surface area contributed by atoms with E-state index in [0.29, 0.717) is 24.4 Å². The molecular weight excluding hydrogens is 242 g/mol. The molecule has 1 unspecified atom stereocenters. The Morgan fingerprint density at radius 1 is 1.11 bits per heavy atom. The molecule has 0 spiro atoms. The van der Waals surface area contributed by atoms with E-state index in [1.807, 2.05) is 18.2 Å². The lowest BCUT2D eigenvalue weighted by Crippen LogP contribution is -2.38. The average Bonchev–Trinajstić information content (AvgIpc) is 2.68. The van der Waals surface area contributed by atoms with E-state index >= 15 is 0 Å². The van der Waals surface area contributed by atoms with Crippen molar-refractivity contribution >= 4 is 11.7 Å². The van der Waals surface area contributed by atoms with Crippen molar-refractivity contribution in [1.82, 2.24) is 5.48 Å². The lowest BCUT2D eigenvalue weighted by atomic mass is 9.80. The van der Waals surface area contributed by atoms with Crippen LogP contribution in [0.1, 0.15) is 25.7 Å². The van der Waals surface area contributed by atoms with Crippen LogP contribution in [0.25, 0.3) is 0 Å². The van der Waals surface area contributed by atoms with Crippen LogP contribution in [0, 0.1) is 17.8 Å². The van der Waals surface area contributed by atoms with Gasteiger partial charge in [0.15, 0.2) is 5.75 Å². The van der Waals surface area contributed by atoms with Crippen LogP contribution in [-0.4, -0.2) is 11.7 Å². The van der Waals surface area contributed by atoms with Crippen LogP contribution in [0.5, 0.6) is 5.75 Å². The van der Waals surface area contributed by atoms with Crippen molar-refractivity contribution in [3.05, 3.63) is 30.3 Å². The van der Waals surface area contributed by atoms with Crippen molar-refractivity contribution in [1.29, 1.82) is 0 Å². The van der Waals surface area contributed by atoms with Gasteiger partial charge < -0.3 is 4.84 Å². The van der Waals surface area contributed by atoms with E-state index in [2.05, 4.69) is 5.48 Å². The van der Waals surface area contributed by atoms with Crippen LogP contribution >= 0.6 is 0 Å². The Morgan fingerprint density at radius 2 is 1.74 bits per heavy atom. The summed E-state index contributed by atoms with van der Waals surface area (Å²) in [6, 6.07) is 9.16. The smallest absolute Gasteiger partial charge is 0.255 e. The summed E-state index contributed by atoms with van der Waals surface area (Å²) in [5.74, 6) is 1.00. The summed E-state index contributed by atoms with van der Waals surface area (Å²) < 4.78 is 0. The highest BCUT2D eigenvalue weighted by molar-refractivity contribution is 5.89. The summed E-state index contributed by atoms with van der Waals surface area (Å²) >= 11 is 0. The maximum atomic E-state index is 12.0. The Morgan fingerprint density at radius 3 is 2.37 bits per heavy atom. The lowest BCUT2D eigenvalue weighted by molar-refractivity contribution is -0.136. The summed E-state index contributed by atoms with van der Waals surface area (Å²) in [7, 11) is 0. The van der Waals surface area contributed by atoms with E-state index in [1.165, 1.54) is 0 Å². The zero-order valence-corrected chi connectivity index (χ0v) is 10.7. The Labute approximate surface area is 112 Å². The number of nitrogens with one attached hydrogen (secondary N) is 1. The number of amides is 1. The number of para-hydroxylation sites is 1. The molecule has 1 N–H and O–H groups in total. The molecule has 2 saturated carbocycles. The van der Waals surface area contributed by atoms with E-state index in [1.54, 1.807) is 12.1 Å². The fraction of sp³-hybridized carbons (Fsp3) is 0.467. The number of benzene rings is 1. The predicted molar refractivity (Wildman–Crippen MR) is 69.2 cm³/mol. The first-order valence-corrected chi connectivity index (χ1v) is 6.79. The van der Waals surface area contributed by atoms with Crippen LogP contribution in [0.4, 0.5) is 0 Å². The van der Waals surface area contributed by atoms with Gasteiger partial charge in [0.2, 0.25) is 0 Å². The Balaban J connectivity index is 1.55. The largest absolute Gasteiger partial charge is 0.380 e. The van der Waals surface area contributed by atoms with Gasteiger partial charge in [0.25, 0.3) is 5.91 Å². The normalized spacial score (nSPS) is 29.1. The molecule has 1 amide bonds. The van der Waals surface area contributed by atoms with Gasteiger partial charge in [-0.25, -0.2) is 0 Å². The van der Waals surface area contributed by atoms with Crippen LogP contribution in [0.3, 0.4) is 0 Å². The molecule has 0 saturated heterocycles. The molecule has 0 aliphatic heterocycles. The second-order valence-electron chi connectivity index (χ2n) is 5.42. The average molecular weight is 259 g/mol. The number of carbonyl (C=O) groups excluding carboxylic acids is 2. The summed E-state index contributed by atoms with van der Waals surface area (Å²) in [5, 5.41) is 0. The number of hydrogen-bond acceptors (Lipinski definition) is 3. The van der Waals surface area contributed by atoms with Gasteiger partial charge in [-0.2, -0.15) is 5.48 Å². The Bertz CT molecular complexity index is 469. The maximum Gasteiger partial charge on any atom is 0.255 e. The Kier molecular flexibility index (Phi) is 3.23. The fourth-order valence-electron chi connectivity index (χ4n) is 3.17. The number of hydrogen-bond donors (Lipinski definition) is 1. The summed E-state index contributed by atoms with van der Waals surface area (Å²) in [5.41, 5.74) is 2.50. The Hall–Kier alpha value is -1.84. The third-order valence-corrected chi connectivity index (χ3v) is 4.19. The van der Waals surface area contributed by atoms with Crippen molar-refractivity contribution < 1.29 is 14.4 Å². The predicted octanol–water partition coefficient (Wildman–Crippen LogP) is 2.10. The quantitative estimate of drug-likeness (QED) is 0.846. The number of ketones is 1. The molecule has 1 aromatic rings. The molecule has 4 heteroatoms. The molecule has 3 atom stereocenters. The van der Waals surface area contributed by atoms with Gasteiger partial charge in [-0.05, 0) is 37.8 Å². The van der Waals surface area contributed by atoms with E-state index in [9.17, 15) is 9.59 Å². The van der Waals surface area contributed by atoms with Crippen molar-refractivity contribution in [2.24, 2.45) is 17.8 Å². The summed E-state index contributed by atoms with van der Waals surface area (Å²) in [4.78, 5) is 29.1. The van der Waals surface area contributed by atoms with Gasteiger partial charge >= 0.3 is 0 Å². The third-order valence-electron chi connectivity index (χ3n) is 4.19. The van der Waals surface area contributed by atoms with Gasteiger partial charge in [0.05, 0.1) is 0 Å². The SMILES string of the molecule is O=C(NOc1ccccc1)C1C[C@H]2CC[C@@H](C1)C2=O.